The molecule has 3 atom stereocenters. The van der Waals surface area contributed by atoms with Gasteiger partial charge in [-0.25, -0.2) is 4.98 Å². The number of imidazole rings is 1. The van der Waals surface area contributed by atoms with Crippen LogP contribution in [0.2, 0.25) is 0 Å². The predicted octanol–water partition coefficient (Wildman–Crippen LogP) is 4.97. The van der Waals surface area contributed by atoms with Crippen LogP contribution in [0.25, 0.3) is 28.1 Å². The fourth-order valence-corrected chi connectivity index (χ4v) is 8.42. The van der Waals surface area contributed by atoms with Crippen LogP contribution in [-0.4, -0.2) is 84.7 Å². The number of aromatic nitrogens is 2. The Balaban J connectivity index is 1.26. The van der Waals surface area contributed by atoms with Gasteiger partial charge in [-0.15, -0.1) is 0 Å². The van der Waals surface area contributed by atoms with Crippen LogP contribution in [0.3, 0.4) is 0 Å². The molecule has 3 fully saturated rings. The lowest BCUT2D eigenvalue weighted by atomic mass is 9.77. The van der Waals surface area contributed by atoms with E-state index in [-0.39, 0.29) is 5.41 Å². The zero-order chi connectivity index (χ0) is 28.8. The van der Waals surface area contributed by atoms with Crippen molar-refractivity contribution in [1.82, 2.24) is 30.0 Å². The molecule has 0 bridgehead atoms. The molecular formula is C35H47N7. The van der Waals surface area contributed by atoms with Crippen LogP contribution in [0.4, 0.5) is 0 Å². The highest BCUT2D eigenvalue weighted by Gasteiger charge is 2.45. The van der Waals surface area contributed by atoms with E-state index in [1.807, 2.05) is 0 Å². The Morgan fingerprint density at radius 2 is 1.79 bits per heavy atom. The van der Waals surface area contributed by atoms with E-state index >= 15 is 0 Å². The minimum atomic E-state index is 0.224. The van der Waals surface area contributed by atoms with Crippen LogP contribution in [0.15, 0.2) is 48.7 Å². The molecule has 7 nitrogen and oxygen atoms in total. The second kappa shape index (κ2) is 11.3. The Labute approximate surface area is 251 Å². The van der Waals surface area contributed by atoms with Crippen molar-refractivity contribution in [3.8, 4) is 22.4 Å². The molecule has 2 unspecified atom stereocenters. The van der Waals surface area contributed by atoms with Gasteiger partial charge >= 0.3 is 0 Å². The van der Waals surface area contributed by atoms with Gasteiger partial charge in [0.05, 0.1) is 24.6 Å². The van der Waals surface area contributed by atoms with E-state index < -0.39 is 0 Å². The summed E-state index contributed by atoms with van der Waals surface area (Å²) in [6.07, 6.45) is 12.9. The maximum atomic E-state index is 5.96. The Kier molecular flexibility index (Phi) is 7.47. The lowest BCUT2D eigenvalue weighted by Crippen LogP contribution is -2.27. The van der Waals surface area contributed by atoms with E-state index in [0.29, 0.717) is 18.8 Å². The number of benzene rings is 2. The second-order valence-corrected chi connectivity index (χ2v) is 13.3. The highest BCUT2D eigenvalue weighted by Crippen LogP contribution is 2.51. The van der Waals surface area contributed by atoms with Crippen molar-refractivity contribution in [2.75, 3.05) is 54.0 Å². The number of hydrogen-bond acceptors (Lipinski definition) is 6. The van der Waals surface area contributed by atoms with E-state index in [4.69, 9.17) is 10.7 Å². The zero-order valence-electron chi connectivity index (χ0n) is 25.6. The van der Waals surface area contributed by atoms with E-state index in [2.05, 4.69) is 94.8 Å². The quantitative estimate of drug-likeness (QED) is 0.351. The van der Waals surface area contributed by atoms with Crippen molar-refractivity contribution in [2.45, 2.75) is 62.4 Å². The molecule has 0 radical (unpaired) electrons. The van der Waals surface area contributed by atoms with E-state index in [1.54, 1.807) is 5.56 Å². The zero-order valence-corrected chi connectivity index (χ0v) is 25.6. The molecule has 42 heavy (non-hydrogen) atoms. The molecule has 3 saturated heterocycles. The molecule has 0 amide bonds. The van der Waals surface area contributed by atoms with Gasteiger partial charge in [0.25, 0.3) is 0 Å². The van der Waals surface area contributed by atoms with E-state index in [1.165, 1.54) is 78.6 Å². The first kappa shape index (κ1) is 27.8. The van der Waals surface area contributed by atoms with Gasteiger partial charge in [-0.2, -0.15) is 0 Å². The van der Waals surface area contributed by atoms with Gasteiger partial charge in [-0.1, -0.05) is 36.4 Å². The van der Waals surface area contributed by atoms with E-state index in [0.717, 1.165) is 37.6 Å². The first-order valence-corrected chi connectivity index (χ1v) is 16.0. The molecule has 3 aliphatic heterocycles. The van der Waals surface area contributed by atoms with Crippen molar-refractivity contribution in [3.05, 3.63) is 71.2 Å². The number of rotatable bonds is 7. The number of nitrogens with one attached hydrogen (secondary N) is 2. The molecule has 1 spiro atoms. The molecule has 4 heterocycles. The number of hydrogen-bond donors (Lipinski definition) is 3. The van der Waals surface area contributed by atoms with Crippen molar-refractivity contribution >= 4 is 5.70 Å². The van der Waals surface area contributed by atoms with Crippen LogP contribution in [0.1, 0.15) is 67.1 Å². The fraction of sp³-hybridized carbons (Fsp3) is 0.514. The molecule has 1 aliphatic carbocycles. The number of H-pyrrole nitrogens is 1. The summed E-state index contributed by atoms with van der Waals surface area (Å²) in [5.74, 6) is 1.12. The van der Waals surface area contributed by atoms with Crippen molar-refractivity contribution in [2.24, 2.45) is 5.73 Å². The second-order valence-electron chi connectivity index (χ2n) is 13.3. The van der Waals surface area contributed by atoms with Gasteiger partial charge in [-0.3, -0.25) is 9.80 Å². The predicted molar refractivity (Wildman–Crippen MR) is 172 cm³/mol. The van der Waals surface area contributed by atoms with Gasteiger partial charge in [-0.05, 0) is 120 Å². The van der Waals surface area contributed by atoms with Gasteiger partial charge in [0.2, 0.25) is 0 Å². The van der Waals surface area contributed by atoms with Gasteiger partial charge in [0.1, 0.15) is 5.82 Å². The summed E-state index contributed by atoms with van der Waals surface area (Å²) < 4.78 is 0. The van der Waals surface area contributed by atoms with Crippen LogP contribution in [-0.2, 0) is 11.8 Å². The molecule has 222 valence electrons. The summed E-state index contributed by atoms with van der Waals surface area (Å²) in [7, 11) is 6.72. The summed E-state index contributed by atoms with van der Waals surface area (Å²) in [6, 6.07) is 14.8. The third-order valence-electron chi connectivity index (χ3n) is 10.7. The average Bonchev–Trinajstić information content (AvgIpc) is 3.83. The first-order chi connectivity index (χ1) is 20.5. The van der Waals surface area contributed by atoms with Crippen molar-refractivity contribution in [3.63, 3.8) is 0 Å². The number of nitrogens with zero attached hydrogens (tertiary/aromatic N) is 4. The molecule has 4 aliphatic rings. The van der Waals surface area contributed by atoms with Crippen LogP contribution in [0, 0.1) is 0 Å². The fourth-order valence-electron chi connectivity index (χ4n) is 8.42. The van der Waals surface area contributed by atoms with Gasteiger partial charge in [0.15, 0.2) is 0 Å². The van der Waals surface area contributed by atoms with Gasteiger partial charge in [0, 0.05) is 29.3 Å². The number of fused-ring (bicyclic) bond motifs is 2. The summed E-state index contributed by atoms with van der Waals surface area (Å²) in [4.78, 5) is 16.0. The molecule has 7 rings (SSSR count). The number of likely N-dealkylation sites (N-methyl/N-ethyl adjacent to an activating group) is 2. The lowest BCUT2D eigenvalue weighted by Gasteiger charge is -2.28. The third-order valence-corrected chi connectivity index (χ3v) is 10.7. The number of aromatic amines is 1. The Morgan fingerprint density at radius 1 is 1.00 bits per heavy atom. The lowest BCUT2D eigenvalue weighted by molar-refractivity contribution is 0.307. The maximum absolute atomic E-state index is 5.96. The Hall–Kier alpha value is -2.97. The minimum Gasteiger partial charge on any atom is -0.372 e. The van der Waals surface area contributed by atoms with Crippen LogP contribution < -0.4 is 11.1 Å². The minimum absolute atomic E-state index is 0.224. The monoisotopic (exact) mass is 565 g/mol. The highest BCUT2D eigenvalue weighted by molar-refractivity contribution is 5.80. The number of nitrogens with two attached hydrogens (primary N) is 1. The standard InChI is InChI=1S/C35H47N7/c1-40-19-16-35(22-40)15-14-29-28(31-21-37-34(39-31)32-7-5-18-42(32)3)13-12-27(33(29)35)24-8-10-25(11-9-24)30(38-23-36)20-26-6-4-17-41(26)2/h8-13,20-21,26,32,38H,4-7,14-19,22-23,36H2,1-3H3,(H,37,39)/b30-20-/t26-,32?,35?/m0/s1. The van der Waals surface area contributed by atoms with E-state index in [9.17, 15) is 0 Å². The number of likely N-dealkylation sites (tertiary alicyclic amines) is 3. The smallest absolute Gasteiger partial charge is 0.123 e. The Morgan fingerprint density at radius 3 is 2.48 bits per heavy atom. The van der Waals surface area contributed by atoms with Crippen LogP contribution in [0.5, 0.6) is 0 Å². The largest absolute Gasteiger partial charge is 0.372 e. The van der Waals surface area contributed by atoms with Crippen LogP contribution >= 0.6 is 0 Å². The summed E-state index contributed by atoms with van der Waals surface area (Å²) in [5.41, 5.74) is 16.9. The molecule has 2 aromatic carbocycles. The molecule has 1 aromatic heterocycles. The van der Waals surface area contributed by atoms with Gasteiger partial charge < -0.3 is 20.9 Å². The summed E-state index contributed by atoms with van der Waals surface area (Å²) >= 11 is 0. The SMILES string of the molecule is CN1CCC2(CCc3c(-c4cnc(C5CCCN5C)[nH]4)ccc(-c4ccc(/C(=C/[C@@H]5CCCN5C)NCN)cc4)c32)C1. The third kappa shape index (κ3) is 4.90. The average molecular weight is 566 g/mol. The van der Waals surface area contributed by atoms with Crippen molar-refractivity contribution < 1.29 is 0 Å². The molecular weight excluding hydrogens is 518 g/mol. The summed E-state index contributed by atoms with van der Waals surface area (Å²) in [6.45, 7) is 5.04. The molecule has 0 saturated carbocycles. The molecule has 3 aromatic rings. The topological polar surface area (TPSA) is 76.5 Å². The summed E-state index contributed by atoms with van der Waals surface area (Å²) in [5, 5.41) is 3.44. The highest BCUT2D eigenvalue weighted by atomic mass is 15.2. The molecule has 7 heteroatoms. The first-order valence-electron chi connectivity index (χ1n) is 16.0. The Bertz CT molecular complexity index is 1460. The maximum Gasteiger partial charge on any atom is 0.123 e. The normalized spacial score (nSPS) is 27.0. The van der Waals surface area contributed by atoms with Crippen molar-refractivity contribution in [1.29, 1.82) is 0 Å². The molecule has 4 N–H and O–H groups in total.